The number of aliphatic hydroxyl groups is 1. The Kier molecular flexibility index (Phi) is 2.85. The number of phenolic OH excluding ortho intramolecular Hbond substituents is 1. The molecule has 1 heterocycles. The molecule has 2 rings (SSSR count). The second kappa shape index (κ2) is 4.18. The lowest BCUT2D eigenvalue weighted by atomic mass is 10.0. The van der Waals surface area contributed by atoms with Crippen LogP contribution in [0, 0.1) is 0 Å². The fraction of sp³-hybridized carbons (Fsp3) is 0.333. The second-order valence-corrected chi connectivity index (χ2v) is 4.66. The van der Waals surface area contributed by atoms with Gasteiger partial charge in [-0.1, -0.05) is 5.21 Å². The third-order valence-electron chi connectivity index (χ3n) is 2.27. The van der Waals surface area contributed by atoms with Gasteiger partial charge >= 0.3 is 0 Å². The molecule has 0 bridgehead atoms. The lowest BCUT2D eigenvalue weighted by Gasteiger charge is -2.13. The van der Waals surface area contributed by atoms with Crippen molar-refractivity contribution in [3.63, 3.8) is 0 Å². The van der Waals surface area contributed by atoms with E-state index in [1.165, 1.54) is 0 Å². The molecule has 0 aliphatic rings. The molecular formula is C12H15N3O2. The summed E-state index contributed by atoms with van der Waals surface area (Å²) in [5, 5.41) is 26.8. The Morgan fingerprint density at radius 1 is 1.24 bits per heavy atom. The van der Waals surface area contributed by atoms with Crippen LogP contribution in [0.2, 0.25) is 0 Å². The summed E-state index contributed by atoms with van der Waals surface area (Å²) in [6.07, 6.45) is 2.22. The van der Waals surface area contributed by atoms with Crippen molar-refractivity contribution >= 4 is 0 Å². The monoisotopic (exact) mass is 233 g/mol. The van der Waals surface area contributed by atoms with E-state index in [4.69, 9.17) is 0 Å². The molecule has 0 atom stereocenters. The largest absolute Gasteiger partial charge is 0.508 e. The van der Waals surface area contributed by atoms with E-state index in [1.54, 1.807) is 49.0 Å². The first-order chi connectivity index (χ1) is 7.94. The average Bonchev–Trinajstić information content (AvgIpc) is 2.64. The topological polar surface area (TPSA) is 71.2 Å². The molecule has 0 saturated heterocycles. The van der Waals surface area contributed by atoms with Crippen molar-refractivity contribution in [3.05, 3.63) is 36.2 Å². The summed E-state index contributed by atoms with van der Waals surface area (Å²) in [5.41, 5.74) is 0.749. The van der Waals surface area contributed by atoms with Gasteiger partial charge in [-0.3, -0.25) is 0 Å². The fourth-order valence-electron chi connectivity index (χ4n) is 1.55. The fourth-order valence-corrected chi connectivity index (χ4v) is 1.55. The lowest BCUT2D eigenvalue weighted by Crippen LogP contribution is -2.22. The average molecular weight is 233 g/mol. The summed E-state index contributed by atoms with van der Waals surface area (Å²) in [5.74, 6) is 0.214. The van der Waals surface area contributed by atoms with E-state index in [0.29, 0.717) is 6.42 Å². The maximum absolute atomic E-state index is 9.68. The van der Waals surface area contributed by atoms with Crippen molar-refractivity contribution in [1.29, 1.82) is 0 Å². The van der Waals surface area contributed by atoms with E-state index in [2.05, 4.69) is 10.3 Å². The Morgan fingerprint density at radius 2 is 1.88 bits per heavy atom. The van der Waals surface area contributed by atoms with Gasteiger partial charge in [0.1, 0.15) is 5.75 Å². The van der Waals surface area contributed by atoms with Crippen LogP contribution < -0.4 is 0 Å². The maximum Gasteiger partial charge on any atom is 0.115 e. The molecule has 2 N–H and O–H groups in total. The normalized spacial score (nSPS) is 11.7. The van der Waals surface area contributed by atoms with Crippen LogP contribution in [0.15, 0.2) is 30.5 Å². The second-order valence-electron chi connectivity index (χ2n) is 4.66. The lowest BCUT2D eigenvalue weighted by molar-refractivity contribution is 0.0799. The van der Waals surface area contributed by atoms with Crippen LogP contribution in [0.5, 0.6) is 5.75 Å². The van der Waals surface area contributed by atoms with E-state index in [-0.39, 0.29) is 5.75 Å². The molecule has 0 unspecified atom stereocenters. The van der Waals surface area contributed by atoms with E-state index >= 15 is 0 Å². The van der Waals surface area contributed by atoms with E-state index in [0.717, 1.165) is 11.4 Å². The SMILES string of the molecule is CC(C)(O)Cc1cn(-c2ccc(O)cc2)nn1. The first-order valence-electron chi connectivity index (χ1n) is 5.37. The van der Waals surface area contributed by atoms with Crippen LogP contribution in [0.25, 0.3) is 5.69 Å². The molecule has 0 spiro atoms. The number of hydrogen-bond donors (Lipinski definition) is 2. The molecule has 17 heavy (non-hydrogen) atoms. The minimum atomic E-state index is -0.796. The molecule has 0 aliphatic carbocycles. The first kappa shape index (κ1) is 11.6. The van der Waals surface area contributed by atoms with Gasteiger partial charge in [-0.15, -0.1) is 5.10 Å². The standard InChI is InChI=1S/C12H15N3O2/c1-12(2,17)7-9-8-15(14-13-9)10-3-5-11(16)6-4-10/h3-6,8,16-17H,7H2,1-2H3. The van der Waals surface area contributed by atoms with E-state index in [9.17, 15) is 10.2 Å². The summed E-state index contributed by atoms with van der Waals surface area (Å²) in [7, 11) is 0. The summed E-state index contributed by atoms with van der Waals surface area (Å²) in [6, 6.07) is 6.68. The first-order valence-corrected chi connectivity index (χ1v) is 5.37. The highest BCUT2D eigenvalue weighted by Gasteiger charge is 2.16. The predicted molar refractivity (Wildman–Crippen MR) is 63.0 cm³/mol. The van der Waals surface area contributed by atoms with Crippen LogP contribution in [0.1, 0.15) is 19.5 Å². The van der Waals surface area contributed by atoms with Gasteiger partial charge in [-0.25, -0.2) is 4.68 Å². The van der Waals surface area contributed by atoms with Crippen molar-refractivity contribution in [2.24, 2.45) is 0 Å². The molecule has 0 saturated carbocycles. The van der Waals surface area contributed by atoms with Gasteiger partial charge in [0.15, 0.2) is 0 Å². The number of phenols is 1. The molecule has 2 aromatic rings. The van der Waals surface area contributed by atoms with Crippen LogP contribution in [0.3, 0.4) is 0 Å². The van der Waals surface area contributed by atoms with Crippen molar-refractivity contribution in [1.82, 2.24) is 15.0 Å². The molecule has 1 aromatic carbocycles. The molecule has 0 amide bonds. The summed E-state index contributed by atoms with van der Waals surface area (Å²) in [6.45, 7) is 3.46. The number of benzene rings is 1. The van der Waals surface area contributed by atoms with Crippen molar-refractivity contribution in [2.75, 3.05) is 0 Å². The summed E-state index contributed by atoms with van der Waals surface area (Å²) >= 11 is 0. The van der Waals surface area contributed by atoms with Crippen LogP contribution in [0.4, 0.5) is 0 Å². The Labute approximate surface area is 99.3 Å². The molecule has 0 aliphatic heterocycles. The minimum Gasteiger partial charge on any atom is -0.508 e. The zero-order valence-electron chi connectivity index (χ0n) is 9.83. The Hall–Kier alpha value is -1.88. The van der Waals surface area contributed by atoms with Crippen LogP contribution in [-0.4, -0.2) is 30.8 Å². The van der Waals surface area contributed by atoms with Gasteiger partial charge in [-0.05, 0) is 38.1 Å². The van der Waals surface area contributed by atoms with Gasteiger partial charge < -0.3 is 10.2 Å². The number of rotatable bonds is 3. The minimum absolute atomic E-state index is 0.214. The molecule has 0 fully saturated rings. The summed E-state index contributed by atoms with van der Waals surface area (Å²) in [4.78, 5) is 0. The number of aromatic hydroxyl groups is 1. The van der Waals surface area contributed by atoms with Crippen molar-refractivity contribution in [3.8, 4) is 11.4 Å². The number of hydrogen-bond acceptors (Lipinski definition) is 4. The van der Waals surface area contributed by atoms with Crippen molar-refractivity contribution < 1.29 is 10.2 Å². The third-order valence-corrected chi connectivity index (χ3v) is 2.27. The van der Waals surface area contributed by atoms with Gasteiger partial charge in [0.05, 0.1) is 23.2 Å². The molecule has 5 nitrogen and oxygen atoms in total. The maximum atomic E-state index is 9.68. The summed E-state index contributed by atoms with van der Waals surface area (Å²) < 4.78 is 1.61. The quantitative estimate of drug-likeness (QED) is 0.838. The Morgan fingerprint density at radius 3 is 2.47 bits per heavy atom. The van der Waals surface area contributed by atoms with Gasteiger partial charge in [0, 0.05) is 6.42 Å². The van der Waals surface area contributed by atoms with Gasteiger partial charge in [-0.2, -0.15) is 0 Å². The van der Waals surface area contributed by atoms with E-state index in [1.807, 2.05) is 0 Å². The molecule has 0 radical (unpaired) electrons. The Balaban J connectivity index is 2.21. The van der Waals surface area contributed by atoms with Gasteiger partial charge in [0.25, 0.3) is 0 Å². The highest BCUT2D eigenvalue weighted by Crippen LogP contribution is 2.14. The molecular weight excluding hydrogens is 218 g/mol. The zero-order chi connectivity index (χ0) is 12.5. The number of aromatic nitrogens is 3. The smallest absolute Gasteiger partial charge is 0.115 e. The Bertz CT molecular complexity index is 497. The van der Waals surface area contributed by atoms with Gasteiger partial charge in [0.2, 0.25) is 0 Å². The highest BCUT2D eigenvalue weighted by atomic mass is 16.3. The highest BCUT2D eigenvalue weighted by molar-refractivity contribution is 5.35. The molecule has 1 aromatic heterocycles. The van der Waals surface area contributed by atoms with E-state index < -0.39 is 5.60 Å². The third kappa shape index (κ3) is 3.04. The molecule has 90 valence electrons. The zero-order valence-corrected chi connectivity index (χ0v) is 9.83. The predicted octanol–water partition coefficient (Wildman–Crippen LogP) is 1.29. The van der Waals surface area contributed by atoms with Crippen LogP contribution in [-0.2, 0) is 6.42 Å². The molecule has 5 heteroatoms. The number of nitrogens with zero attached hydrogens (tertiary/aromatic N) is 3. The van der Waals surface area contributed by atoms with Crippen molar-refractivity contribution in [2.45, 2.75) is 25.9 Å². The van der Waals surface area contributed by atoms with Crippen LogP contribution >= 0.6 is 0 Å².